The first-order valence-electron chi connectivity index (χ1n) is 11.3. The van der Waals surface area contributed by atoms with Gasteiger partial charge in [0, 0.05) is 51.4 Å². The number of halogens is 1. The number of hydrogen-bond donors (Lipinski definition) is 2. The number of nitrogens with zero attached hydrogens (tertiary/aromatic N) is 3. The van der Waals surface area contributed by atoms with Crippen molar-refractivity contribution in [1.29, 1.82) is 0 Å². The molecule has 1 unspecified atom stereocenters. The number of carbonyl (C=O) groups is 1. The molecule has 0 radical (unpaired) electrons. The molecule has 0 spiro atoms. The maximum atomic E-state index is 12.6. The predicted octanol–water partition coefficient (Wildman–Crippen LogP) is 3.40. The van der Waals surface area contributed by atoms with E-state index in [1.807, 2.05) is 17.0 Å². The first-order valence-corrected chi connectivity index (χ1v) is 11.3. The van der Waals surface area contributed by atoms with Gasteiger partial charge in [0.25, 0.3) is 0 Å². The second-order valence-electron chi connectivity index (χ2n) is 8.19. The molecule has 2 aliphatic rings. The summed E-state index contributed by atoms with van der Waals surface area (Å²) in [4.78, 5) is 21.4. The number of nitrogens with one attached hydrogen (secondary N) is 2. The number of anilines is 1. The molecule has 3 rings (SSSR count). The number of hydrogen-bond acceptors (Lipinski definition) is 3. The number of benzene rings is 1. The molecule has 1 aromatic carbocycles. The summed E-state index contributed by atoms with van der Waals surface area (Å²) in [6.07, 6.45) is 7.50. The van der Waals surface area contributed by atoms with Crippen LogP contribution in [-0.2, 0) is 11.2 Å². The number of amides is 1. The van der Waals surface area contributed by atoms with Crippen LogP contribution in [0.1, 0.15) is 51.0 Å². The second-order valence-corrected chi connectivity index (χ2v) is 8.19. The van der Waals surface area contributed by atoms with Crippen LogP contribution in [0, 0.1) is 0 Å². The lowest BCUT2D eigenvalue weighted by molar-refractivity contribution is -0.118. The summed E-state index contributed by atoms with van der Waals surface area (Å²) in [7, 11) is 1.80. The van der Waals surface area contributed by atoms with Crippen molar-refractivity contribution in [2.75, 3.05) is 44.7 Å². The zero-order chi connectivity index (χ0) is 20.5. The number of piperidine rings is 1. The van der Waals surface area contributed by atoms with Crippen molar-refractivity contribution in [1.82, 2.24) is 15.5 Å². The van der Waals surface area contributed by atoms with Crippen molar-refractivity contribution in [2.45, 2.75) is 57.9 Å². The summed E-state index contributed by atoms with van der Waals surface area (Å²) in [6.45, 7) is 7.22. The fraction of sp³-hybridized carbons (Fsp3) is 0.652. The normalized spacial score (nSPS) is 19.2. The summed E-state index contributed by atoms with van der Waals surface area (Å²) in [5.41, 5.74) is 2.37. The molecule has 6 nitrogen and oxygen atoms in total. The summed E-state index contributed by atoms with van der Waals surface area (Å²) < 4.78 is 0. The Hall–Kier alpha value is -1.35. The number of para-hydroxylation sites is 1. The zero-order valence-electron chi connectivity index (χ0n) is 18.5. The van der Waals surface area contributed by atoms with Gasteiger partial charge < -0.3 is 20.4 Å². The summed E-state index contributed by atoms with van der Waals surface area (Å²) in [5, 5.41) is 6.73. The van der Waals surface area contributed by atoms with Gasteiger partial charge in [0.2, 0.25) is 5.91 Å². The van der Waals surface area contributed by atoms with Crippen molar-refractivity contribution in [2.24, 2.45) is 4.99 Å². The van der Waals surface area contributed by atoms with Gasteiger partial charge in [-0.25, -0.2) is 0 Å². The third-order valence-corrected chi connectivity index (χ3v) is 6.13. The van der Waals surface area contributed by atoms with Gasteiger partial charge in [0.05, 0.1) is 0 Å². The SMILES string of the molecule is CN=C(NCCCC(=O)N1CCc2ccccc21)NCCCN1CCCCC1C.I. The first-order chi connectivity index (χ1) is 14.2. The van der Waals surface area contributed by atoms with E-state index in [-0.39, 0.29) is 29.9 Å². The van der Waals surface area contributed by atoms with E-state index in [1.165, 1.54) is 31.4 Å². The summed E-state index contributed by atoms with van der Waals surface area (Å²) >= 11 is 0. The quantitative estimate of drug-likeness (QED) is 0.236. The lowest BCUT2D eigenvalue weighted by Crippen LogP contribution is -2.41. The number of rotatable bonds is 8. The molecule has 2 N–H and O–H groups in total. The molecule has 1 saturated heterocycles. The minimum absolute atomic E-state index is 0. The topological polar surface area (TPSA) is 60.0 Å². The van der Waals surface area contributed by atoms with Crippen molar-refractivity contribution in [3.63, 3.8) is 0 Å². The number of likely N-dealkylation sites (tertiary alicyclic amines) is 1. The molecule has 0 saturated carbocycles. The molecule has 2 aliphatic heterocycles. The highest BCUT2D eigenvalue weighted by Gasteiger charge is 2.23. The van der Waals surface area contributed by atoms with E-state index in [0.717, 1.165) is 63.1 Å². The number of guanidine groups is 1. The van der Waals surface area contributed by atoms with Crippen LogP contribution < -0.4 is 15.5 Å². The highest BCUT2D eigenvalue weighted by molar-refractivity contribution is 14.0. The molecule has 1 fully saturated rings. The van der Waals surface area contributed by atoms with Crippen LogP contribution in [-0.4, -0.2) is 62.6 Å². The van der Waals surface area contributed by atoms with Crippen LogP contribution >= 0.6 is 24.0 Å². The van der Waals surface area contributed by atoms with Crippen LogP contribution in [0.2, 0.25) is 0 Å². The van der Waals surface area contributed by atoms with E-state index < -0.39 is 0 Å². The Morgan fingerprint density at radius 2 is 1.90 bits per heavy atom. The molecule has 30 heavy (non-hydrogen) atoms. The van der Waals surface area contributed by atoms with Crippen LogP contribution in [0.3, 0.4) is 0 Å². The van der Waals surface area contributed by atoms with Gasteiger partial charge in [0.15, 0.2) is 5.96 Å². The molecule has 1 amide bonds. The van der Waals surface area contributed by atoms with E-state index in [2.05, 4.69) is 39.6 Å². The largest absolute Gasteiger partial charge is 0.356 e. The Kier molecular flexibility index (Phi) is 10.9. The van der Waals surface area contributed by atoms with Crippen LogP contribution in [0.4, 0.5) is 5.69 Å². The van der Waals surface area contributed by atoms with Gasteiger partial charge in [-0.05, 0) is 57.2 Å². The molecule has 0 aliphatic carbocycles. The van der Waals surface area contributed by atoms with E-state index in [0.29, 0.717) is 6.42 Å². The maximum Gasteiger partial charge on any atom is 0.227 e. The maximum absolute atomic E-state index is 12.6. The van der Waals surface area contributed by atoms with Crippen molar-refractivity contribution in [3.05, 3.63) is 29.8 Å². The Balaban J connectivity index is 0.00000320. The minimum Gasteiger partial charge on any atom is -0.356 e. The Morgan fingerprint density at radius 1 is 1.13 bits per heavy atom. The van der Waals surface area contributed by atoms with Gasteiger partial charge in [-0.15, -0.1) is 24.0 Å². The molecule has 1 aromatic rings. The molecular weight excluding hydrogens is 489 g/mol. The highest BCUT2D eigenvalue weighted by atomic mass is 127. The van der Waals surface area contributed by atoms with E-state index in [4.69, 9.17) is 0 Å². The third-order valence-electron chi connectivity index (χ3n) is 6.13. The Labute approximate surface area is 198 Å². The summed E-state index contributed by atoms with van der Waals surface area (Å²) in [6, 6.07) is 8.94. The number of aliphatic imine (C=N–C) groups is 1. The fourth-order valence-electron chi connectivity index (χ4n) is 4.38. The van der Waals surface area contributed by atoms with E-state index >= 15 is 0 Å². The van der Waals surface area contributed by atoms with Crippen LogP contribution in [0.5, 0.6) is 0 Å². The van der Waals surface area contributed by atoms with E-state index in [9.17, 15) is 4.79 Å². The van der Waals surface area contributed by atoms with Crippen molar-refractivity contribution in [3.8, 4) is 0 Å². The third kappa shape index (κ3) is 7.11. The van der Waals surface area contributed by atoms with E-state index in [1.54, 1.807) is 7.05 Å². The Bertz CT molecular complexity index is 696. The molecule has 1 atom stereocenters. The number of carbonyl (C=O) groups excluding carboxylic acids is 1. The zero-order valence-corrected chi connectivity index (χ0v) is 20.9. The highest BCUT2D eigenvalue weighted by Crippen LogP contribution is 2.27. The van der Waals surface area contributed by atoms with Gasteiger partial charge in [-0.2, -0.15) is 0 Å². The molecule has 0 bridgehead atoms. The average Bonchev–Trinajstić information content (AvgIpc) is 3.18. The smallest absolute Gasteiger partial charge is 0.227 e. The molecule has 0 aromatic heterocycles. The van der Waals surface area contributed by atoms with Crippen LogP contribution in [0.25, 0.3) is 0 Å². The first kappa shape index (κ1) is 24.9. The average molecular weight is 527 g/mol. The number of fused-ring (bicyclic) bond motifs is 1. The van der Waals surface area contributed by atoms with Gasteiger partial charge in [-0.3, -0.25) is 9.79 Å². The minimum atomic E-state index is 0. The predicted molar refractivity (Wildman–Crippen MR) is 136 cm³/mol. The fourth-order valence-corrected chi connectivity index (χ4v) is 4.38. The molecule has 7 heteroatoms. The van der Waals surface area contributed by atoms with Crippen molar-refractivity contribution >= 4 is 41.5 Å². The second kappa shape index (κ2) is 13.1. The lowest BCUT2D eigenvalue weighted by Gasteiger charge is -2.33. The van der Waals surface area contributed by atoms with Crippen molar-refractivity contribution < 1.29 is 4.79 Å². The Morgan fingerprint density at radius 3 is 2.67 bits per heavy atom. The molecule has 168 valence electrons. The van der Waals surface area contributed by atoms with Gasteiger partial charge in [-0.1, -0.05) is 24.6 Å². The monoisotopic (exact) mass is 527 g/mol. The lowest BCUT2D eigenvalue weighted by atomic mass is 10.0. The van der Waals surface area contributed by atoms with Crippen LogP contribution in [0.15, 0.2) is 29.3 Å². The van der Waals surface area contributed by atoms with Gasteiger partial charge in [0.1, 0.15) is 0 Å². The summed E-state index contributed by atoms with van der Waals surface area (Å²) in [5.74, 6) is 1.05. The molecule has 2 heterocycles. The van der Waals surface area contributed by atoms with Gasteiger partial charge >= 0.3 is 0 Å². The standard InChI is InChI=1S/C23H37N5O.HI/c1-19-9-5-6-16-27(19)17-8-15-26-23(24-2)25-14-7-12-22(29)28-18-13-20-10-3-4-11-21(20)28;/h3-4,10-11,19H,5-9,12-18H2,1-2H3,(H2,24,25,26);1H. The molecular formula is C23H38IN5O.